The van der Waals surface area contributed by atoms with E-state index >= 15 is 0 Å². The van der Waals surface area contributed by atoms with Crippen LogP contribution in [0.1, 0.15) is 70.6 Å². The summed E-state index contributed by atoms with van der Waals surface area (Å²) in [6.07, 6.45) is 12.1. The van der Waals surface area contributed by atoms with E-state index in [2.05, 4.69) is 15.1 Å². The molecule has 2 aliphatic heterocycles. The average molecular weight is 402 g/mol. The molecule has 1 aliphatic carbocycles. The summed E-state index contributed by atoms with van der Waals surface area (Å²) >= 11 is 0. The van der Waals surface area contributed by atoms with Crippen molar-refractivity contribution in [3.05, 3.63) is 20.4 Å². The number of likely N-dealkylation sites (tertiary alicyclic amines) is 1. The second-order valence-electron chi connectivity index (χ2n) is 9.27. The van der Waals surface area contributed by atoms with Crippen LogP contribution in [0.25, 0.3) is 0 Å². The Hall–Kier alpha value is -1.85. The maximum Gasteiger partial charge on any atom is 0.253 e. The van der Waals surface area contributed by atoms with Gasteiger partial charge in [-0.3, -0.25) is 14.4 Å². The molecule has 1 aromatic rings. The Labute approximate surface area is 173 Å². The van der Waals surface area contributed by atoms with Crippen molar-refractivity contribution < 1.29 is 4.79 Å². The van der Waals surface area contributed by atoms with Crippen LogP contribution in [0.15, 0.2) is 9.59 Å². The predicted octanol–water partition coefficient (Wildman–Crippen LogP) is 2.89. The van der Waals surface area contributed by atoms with Crippen molar-refractivity contribution in [1.29, 1.82) is 0 Å². The molecular formula is C23H35N3O3. The topological polar surface area (TPSA) is 69.7 Å². The number of nitrogens with zero attached hydrogens (tertiary/aromatic N) is 2. The molecule has 1 amide bonds. The minimum absolute atomic E-state index is 0.180. The fourth-order valence-corrected chi connectivity index (χ4v) is 5.37. The monoisotopic (exact) mass is 401 g/mol. The predicted molar refractivity (Wildman–Crippen MR) is 116 cm³/mol. The molecule has 6 heteroatoms. The first kappa shape index (κ1) is 20.4. The van der Waals surface area contributed by atoms with E-state index in [4.69, 9.17) is 0 Å². The summed E-state index contributed by atoms with van der Waals surface area (Å²) in [4.78, 5) is 41.2. The summed E-state index contributed by atoms with van der Waals surface area (Å²) < 4.78 is 0. The maximum atomic E-state index is 12.8. The molecule has 0 bridgehead atoms. The molecule has 1 saturated carbocycles. The highest BCUT2D eigenvalue weighted by Crippen LogP contribution is 2.32. The van der Waals surface area contributed by atoms with E-state index < -0.39 is 0 Å². The van der Waals surface area contributed by atoms with Crippen LogP contribution in [0.4, 0.5) is 11.4 Å². The van der Waals surface area contributed by atoms with Crippen LogP contribution in [-0.2, 0) is 4.79 Å². The number of carbonyl (C=O) groups is 1. The Morgan fingerprint density at radius 2 is 1.38 bits per heavy atom. The van der Waals surface area contributed by atoms with Gasteiger partial charge >= 0.3 is 0 Å². The van der Waals surface area contributed by atoms with Crippen molar-refractivity contribution in [2.75, 3.05) is 42.9 Å². The number of rotatable bonds is 5. The van der Waals surface area contributed by atoms with E-state index in [0.717, 1.165) is 84.1 Å². The van der Waals surface area contributed by atoms with Crippen molar-refractivity contribution in [3.8, 4) is 0 Å². The highest BCUT2D eigenvalue weighted by atomic mass is 16.2. The lowest BCUT2D eigenvalue weighted by Crippen LogP contribution is -2.45. The van der Waals surface area contributed by atoms with Crippen LogP contribution in [-0.4, -0.2) is 43.5 Å². The van der Waals surface area contributed by atoms with Gasteiger partial charge in [0, 0.05) is 38.6 Å². The molecule has 0 unspecified atom stereocenters. The van der Waals surface area contributed by atoms with Crippen LogP contribution in [0.5, 0.6) is 0 Å². The number of hydrogen-bond donors (Lipinski definition) is 1. The second kappa shape index (κ2) is 9.31. The average Bonchev–Trinajstić information content (AvgIpc) is 3.06. The zero-order valence-corrected chi connectivity index (χ0v) is 17.6. The third-order valence-electron chi connectivity index (χ3n) is 7.24. The lowest BCUT2D eigenvalue weighted by molar-refractivity contribution is -0.136. The van der Waals surface area contributed by atoms with E-state index in [1.807, 2.05) is 0 Å². The fourth-order valence-electron chi connectivity index (χ4n) is 5.37. The molecule has 2 saturated heterocycles. The van der Waals surface area contributed by atoms with Gasteiger partial charge in [-0.1, -0.05) is 12.8 Å². The molecule has 0 atom stereocenters. The van der Waals surface area contributed by atoms with Crippen molar-refractivity contribution >= 4 is 17.3 Å². The molecule has 160 valence electrons. The van der Waals surface area contributed by atoms with Crippen LogP contribution < -0.4 is 21.1 Å². The summed E-state index contributed by atoms with van der Waals surface area (Å²) in [5.74, 6) is 1.02. The van der Waals surface area contributed by atoms with Gasteiger partial charge in [-0.05, 0) is 63.7 Å². The van der Waals surface area contributed by atoms with Crippen LogP contribution in [0.3, 0.4) is 0 Å². The molecule has 4 rings (SSSR count). The number of nitrogens with one attached hydrogen (secondary N) is 1. The fraction of sp³-hybridized carbons (Fsp3) is 0.783. The second-order valence-corrected chi connectivity index (χ2v) is 9.27. The molecular weight excluding hydrogens is 366 g/mol. The Morgan fingerprint density at radius 3 is 2.03 bits per heavy atom. The lowest BCUT2D eigenvalue weighted by Gasteiger charge is -2.33. The van der Waals surface area contributed by atoms with Crippen molar-refractivity contribution in [3.63, 3.8) is 0 Å². The van der Waals surface area contributed by atoms with E-state index in [1.54, 1.807) is 0 Å². The molecule has 29 heavy (non-hydrogen) atoms. The SMILES string of the molecule is O=C(C1CCC(CNc2c(N3CCCCC3)c(=O)c2=O)CC1)N1CCCCCC1. The van der Waals surface area contributed by atoms with E-state index in [-0.39, 0.29) is 16.8 Å². The Morgan fingerprint density at radius 1 is 0.793 bits per heavy atom. The van der Waals surface area contributed by atoms with Crippen molar-refractivity contribution in [2.24, 2.45) is 11.8 Å². The summed E-state index contributed by atoms with van der Waals surface area (Å²) in [6.45, 7) is 4.36. The smallest absolute Gasteiger partial charge is 0.253 e. The first-order valence-corrected chi connectivity index (χ1v) is 11.8. The maximum absolute atomic E-state index is 12.8. The Balaban J connectivity index is 1.26. The molecule has 0 radical (unpaired) electrons. The third-order valence-corrected chi connectivity index (χ3v) is 7.24. The Bertz CT molecular complexity index is 761. The third kappa shape index (κ3) is 4.51. The van der Waals surface area contributed by atoms with E-state index in [0.29, 0.717) is 23.2 Å². The normalized spacial score (nSPS) is 26.3. The molecule has 0 aromatic heterocycles. The lowest BCUT2D eigenvalue weighted by atomic mass is 9.81. The molecule has 6 nitrogen and oxygen atoms in total. The summed E-state index contributed by atoms with van der Waals surface area (Å²) in [5, 5.41) is 3.30. The summed E-state index contributed by atoms with van der Waals surface area (Å²) in [7, 11) is 0. The largest absolute Gasteiger partial charge is 0.380 e. The van der Waals surface area contributed by atoms with Crippen LogP contribution in [0, 0.1) is 11.8 Å². The van der Waals surface area contributed by atoms with Crippen LogP contribution in [0.2, 0.25) is 0 Å². The van der Waals surface area contributed by atoms with Gasteiger partial charge in [0.05, 0.1) is 0 Å². The van der Waals surface area contributed by atoms with Gasteiger partial charge < -0.3 is 15.1 Å². The van der Waals surface area contributed by atoms with E-state index in [1.165, 1.54) is 19.3 Å². The highest BCUT2D eigenvalue weighted by Gasteiger charge is 2.31. The number of anilines is 2. The number of piperidine rings is 1. The van der Waals surface area contributed by atoms with Gasteiger partial charge in [0.2, 0.25) is 5.91 Å². The van der Waals surface area contributed by atoms with Crippen LogP contribution >= 0.6 is 0 Å². The van der Waals surface area contributed by atoms with Crippen molar-refractivity contribution in [1.82, 2.24) is 4.90 Å². The zero-order valence-electron chi connectivity index (χ0n) is 17.6. The molecule has 2 heterocycles. The zero-order chi connectivity index (χ0) is 20.2. The quantitative estimate of drug-likeness (QED) is 0.769. The number of hydrogen-bond acceptors (Lipinski definition) is 5. The van der Waals surface area contributed by atoms with Crippen molar-refractivity contribution in [2.45, 2.75) is 70.6 Å². The molecule has 1 aromatic carbocycles. The molecule has 1 N–H and O–H groups in total. The summed E-state index contributed by atoms with van der Waals surface area (Å²) in [6, 6.07) is 0. The van der Waals surface area contributed by atoms with E-state index in [9.17, 15) is 14.4 Å². The molecule has 3 aliphatic rings. The standard InChI is InChI=1S/C23H35N3O3/c27-21-19(20(22(21)28)25-12-6-3-7-13-25)24-16-17-8-10-18(11-9-17)23(29)26-14-4-1-2-5-15-26/h17-18,24H,1-16H2. The first-order chi connectivity index (χ1) is 14.1. The van der Waals surface area contributed by atoms with Gasteiger partial charge in [-0.15, -0.1) is 0 Å². The number of carbonyl (C=O) groups excluding carboxylic acids is 1. The van der Waals surface area contributed by atoms with Gasteiger partial charge in [-0.2, -0.15) is 0 Å². The first-order valence-electron chi connectivity index (χ1n) is 11.8. The number of amides is 1. The minimum Gasteiger partial charge on any atom is -0.380 e. The van der Waals surface area contributed by atoms with Gasteiger partial charge in [-0.25, -0.2) is 0 Å². The molecule has 3 fully saturated rings. The minimum atomic E-state index is -0.351. The Kier molecular flexibility index (Phi) is 6.56. The van der Waals surface area contributed by atoms with Gasteiger partial charge in [0.15, 0.2) is 0 Å². The molecule has 0 spiro atoms. The highest BCUT2D eigenvalue weighted by molar-refractivity contribution is 5.79. The summed E-state index contributed by atoms with van der Waals surface area (Å²) in [5.41, 5.74) is 0.496. The van der Waals surface area contributed by atoms with Gasteiger partial charge in [0.25, 0.3) is 10.9 Å². The van der Waals surface area contributed by atoms with Gasteiger partial charge in [0.1, 0.15) is 11.4 Å².